The summed E-state index contributed by atoms with van der Waals surface area (Å²) in [4.78, 5) is 10.1. The molecule has 0 aromatic heterocycles. The fourth-order valence-electron chi connectivity index (χ4n) is 1.32. The summed E-state index contributed by atoms with van der Waals surface area (Å²) >= 11 is 5.55. The number of aldehydes is 1. The van der Waals surface area contributed by atoms with Gasteiger partial charge in [-0.25, -0.2) is 0 Å². The number of halogens is 1. The lowest BCUT2D eigenvalue weighted by atomic mass is 10.2. The monoisotopic (exact) mass is 277 g/mol. The number of benzene rings is 2. The van der Waals surface area contributed by atoms with E-state index in [1.807, 2.05) is 31.3 Å². The van der Waals surface area contributed by atoms with E-state index in [0.29, 0.717) is 10.6 Å². The van der Waals surface area contributed by atoms with E-state index in [1.165, 1.54) is 0 Å². The maximum absolute atomic E-state index is 10.1. The standard InChI is InChI=1S/C8H11NO.C7H5ClO/c1-9-8-4-2-7(6-10)3-5-8;8-7-3-1-6(5-9)2-4-7/h2-5,9-10H,6H2,1H3;1-5H. The summed E-state index contributed by atoms with van der Waals surface area (Å²) in [5.41, 5.74) is 2.66. The minimum Gasteiger partial charge on any atom is -0.392 e. The molecule has 0 amide bonds. The Labute approximate surface area is 117 Å². The van der Waals surface area contributed by atoms with Crippen molar-refractivity contribution < 1.29 is 9.90 Å². The van der Waals surface area contributed by atoms with Gasteiger partial charge in [-0.05, 0) is 29.8 Å². The Hall–Kier alpha value is -1.84. The second-order valence-corrected chi connectivity index (χ2v) is 4.21. The molecule has 2 rings (SSSR count). The molecule has 2 aromatic carbocycles. The van der Waals surface area contributed by atoms with Crippen LogP contribution in [0.5, 0.6) is 0 Å². The van der Waals surface area contributed by atoms with E-state index >= 15 is 0 Å². The topological polar surface area (TPSA) is 49.3 Å². The molecular weight excluding hydrogens is 262 g/mol. The Morgan fingerprint density at radius 3 is 2.11 bits per heavy atom. The van der Waals surface area contributed by atoms with Crippen molar-refractivity contribution in [2.24, 2.45) is 0 Å². The number of anilines is 1. The van der Waals surface area contributed by atoms with Gasteiger partial charge < -0.3 is 10.4 Å². The number of hydrogen-bond acceptors (Lipinski definition) is 3. The van der Waals surface area contributed by atoms with Crippen molar-refractivity contribution in [3.63, 3.8) is 0 Å². The molecule has 0 radical (unpaired) electrons. The van der Waals surface area contributed by atoms with Crippen LogP contribution in [0.3, 0.4) is 0 Å². The maximum atomic E-state index is 10.1. The van der Waals surface area contributed by atoms with Crippen LogP contribution in [0.2, 0.25) is 5.02 Å². The average molecular weight is 278 g/mol. The molecule has 0 aliphatic heterocycles. The van der Waals surface area contributed by atoms with Crippen LogP contribution >= 0.6 is 11.6 Å². The molecule has 0 atom stereocenters. The zero-order valence-electron chi connectivity index (χ0n) is 10.6. The lowest BCUT2D eigenvalue weighted by Gasteiger charge is -1.99. The number of carbonyl (C=O) groups excluding carboxylic acids is 1. The highest BCUT2D eigenvalue weighted by Gasteiger charge is 1.88. The highest BCUT2D eigenvalue weighted by Crippen LogP contribution is 2.08. The summed E-state index contributed by atoms with van der Waals surface area (Å²) < 4.78 is 0. The van der Waals surface area contributed by atoms with Crippen LogP contribution < -0.4 is 5.32 Å². The normalized spacial score (nSPS) is 9.21. The van der Waals surface area contributed by atoms with Gasteiger partial charge in [0.1, 0.15) is 6.29 Å². The number of hydrogen-bond donors (Lipinski definition) is 2. The van der Waals surface area contributed by atoms with Crippen molar-refractivity contribution in [3.05, 3.63) is 64.7 Å². The van der Waals surface area contributed by atoms with Gasteiger partial charge in [-0.2, -0.15) is 0 Å². The van der Waals surface area contributed by atoms with Gasteiger partial charge in [-0.1, -0.05) is 35.9 Å². The van der Waals surface area contributed by atoms with Crippen molar-refractivity contribution >= 4 is 23.6 Å². The van der Waals surface area contributed by atoms with Gasteiger partial charge in [0.15, 0.2) is 0 Å². The first-order valence-corrected chi connectivity index (χ1v) is 6.15. The van der Waals surface area contributed by atoms with E-state index in [2.05, 4.69) is 5.32 Å². The Kier molecular flexibility index (Phi) is 6.64. The first-order valence-electron chi connectivity index (χ1n) is 5.78. The van der Waals surface area contributed by atoms with Crippen LogP contribution in [0, 0.1) is 0 Å². The smallest absolute Gasteiger partial charge is 0.150 e. The molecule has 0 fully saturated rings. The van der Waals surface area contributed by atoms with E-state index < -0.39 is 0 Å². The maximum Gasteiger partial charge on any atom is 0.150 e. The molecule has 0 aliphatic rings. The average Bonchev–Trinajstić information content (AvgIpc) is 2.49. The summed E-state index contributed by atoms with van der Waals surface area (Å²) in [5, 5.41) is 12.3. The lowest BCUT2D eigenvalue weighted by molar-refractivity contribution is 0.112. The quantitative estimate of drug-likeness (QED) is 0.846. The predicted octanol–water partition coefficient (Wildman–Crippen LogP) is 3.37. The SMILES string of the molecule is CNc1ccc(CO)cc1.O=Cc1ccc(Cl)cc1. The summed E-state index contributed by atoms with van der Waals surface area (Å²) in [6.07, 6.45) is 0.788. The summed E-state index contributed by atoms with van der Waals surface area (Å²) in [6, 6.07) is 14.4. The Morgan fingerprint density at radius 2 is 1.68 bits per heavy atom. The molecule has 0 aliphatic carbocycles. The largest absolute Gasteiger partial charge is 0.392 e. The molecule has 0 unspecified atom stereocenters. The van der Waals surface area contributed by atoms with Gasteiger partial charge in [0.2, 0.25) is 0 Å². The zero-order chi connectivity index (χ0) is 14.1. The molecule has 3 nitrogen and oxygen atoms in total. The fourth-order valence-corrected chi connectivity index (χ4v) is 1.44. The number of carbonyl (C=O) groups is 1. The van der Waals surface area contributed by atoms with E-state index in [-0.39, 0.29) is 6.61 Å². The number of aliphatic hydroxyl groups excluding tert-OH is 1. The van der Waals surface area contributed by atoms with E-state index in [4.69, 9.17) is 16.7 Å². The van der Waals surface area contributed by atoms with E-state index in [9.17, 15) is 4.79 Å². The molecule has 0 heterocycles. The first kappa shape index (κ1) is 15.2. The van der Waals surface area contributed by atoms with Crippen molar-refractivity contribution in [2.75, 3.05) is 12.4 Å². The number of aliphatic hydroxyl groups is 1. The van der Waals surface area contributed by atoms with Crippen LogP contribution in [0.1, 0.15) is 15.9 Å². The zero-order valence-corrected chi connectivity index (χ0v) is 11.4. The Bertz CT molecular complexity index is 472. The van der Waals surface area contributed by atoms with Gasteiger partial charge in [-0.3, -0.25) is 4.79 Å². The second kappa shape index (κ2) is 8.29. The van der Waals surface area contributed by atoms with Gasteiger partial charge in [0, 0.05) is 23.3 Å². The fraction of sp³-hybridized carbons (Fsp3) is 0.133. The molecular formula is C15H16ClNO2. The van der Waals surface area contributed by atoms with Crippen LogP contribution in [0.15, 0.2) is 48.5 Å². The number of nitrogens with one attached hydrogen (secondary N) is 1. The predicted molar refractivity (Wildman–Crippen MR) is 78.8 cm³/mol. The molecule has 4 heteroatoms. The third-order valence-corrected chi connectivity index (χ3v) is 2.68. The third kappa shape index (κ3) is 5.55. The lowest BCUT2D eigenvalue weighted by Crippen LogP contribution is -1.88. The van der Waals surface area contributed by atoms with Crippen molar-refractivity contribution in [1.29, 1.82) is 0 Å². The molecule has 2 aromatic rings. The molecule has 2 N–H and O–H groups in total. The summed E-state index contributed by atoms with van der Waals surface area (Å²) in [5.74, 6) is 0. The summed E-state index contributed by atoms with van der Waals surface area (Å²) in [7, 11) is 1.87. The van der Waals surface area contributed by atoms with Crippen LogP contribution in [0.25, 0.3) is 0 Å². The Morgan fingerprint density at radius 1 is 1.11 bits per heavy atom. The second-order valence-electron chi connectivity index (χ2n) is 3.77. The van der Waals surface area contributed by atoms with E-state index in [1.54, 1.807) is 24.3 Å². The molecule has 100 valence electrons. The van der Waals surface area contributed by atoms with E-state index in [0.717, 1.165) is 17.5 Å². The van der Waals surface area contributed by atoms with Gasteiger partial charge in [-0.15, -0.1) is 0 Å². The van der Waals surface area contributed by atoms with Crippen molar-refractivity contribution in [2.45, 2.75) is 6.61 Å². The molecule has 0 spiro atoms. The third-order valence-electron chi connectivity index (χ3n) is 2.43. The van der Waals surface area contributed by atoms with Gasteiger partial charge >= 0.3 is 0 Å². The highest BCUT2D eigenvalue weighted by molar-refractivity contribution is 6.30. The van der Waals surface area contributed by atoms with Gasteiger partial charge in [0.05, 0.1) is 6.61 Å². The molecule has 19 heavy (non-hydrogen) atoms. The highest BCUT2D eigenvalue weighted by atomic mass is 35.5. The minimum absolute atomic E-state index is 0.115. The number of rotatable bonds is 3. The molecule has 0 saturated heterocycles. The van der Waals surface area contributed by atoms with Crippen LogP contribution in [0.4, 0.5) is 5.69 Å². The van der Waals surface area contributed by atoms with Crippen molar-refractivity contribution in [1.82, 2.24) is 0 Å². The molecule has 0 bridgehead atoms. The Balaban J connectivity index is 0.000000191. The van der Waals surface area contributed by atoms with Crippen molar-refractivity contribution in [3.8, 4) is 0 Å². The summed E-state index contributed by atoms with van der Waals surface area (Å²) in [6.45, 7) is 0.115. The first-order chi connectivity index (χ1) is 9.19. The van der Waals surface area contributed by atoms with Gasteiger partial charge in [0.25, 0.3) is 0 Å². The van der Waals surface area contributed by atoms with Crippen LogP contribution in [-0.4, -0.2) is 18.4 Å². The van der Waals surface area contributed by atoms with Crippen LogP contribution in [-0.2, 0) is 6.61 Å². The minimum atomic E-state index is 0.115. The molecule has 0 saturated carbocycles.